The molecular weight excluding hydrogens is 246 g/mol. The maximum Gasteiger partial charge on any atom is 0.392 e. The second kappa shape index (κ2) is 4.69. The van der Waals surface area contributed by atoms with Crippen LogP contribution in [0, 0.1) is 23.7 Å². The zero-order valence-electron chi connectivity index (χ0n) is 9.70. The largest absolute Gasteiger partial charge is 0.392 e. The van der Waals surface area contributed by atoms with Crippen LogP contribution in [0.15, 0.2) is 0 Å². The molecule has 4 atom stereocenters. The summed E-state index contributed by atoms with van der Waals surface area (Å²) in [5.41, 5.74) is 0. The molecule has 1 rings (SSSR count). The Morgan fingerprint density at radius 2 is 1.06 bits per heavy atom. The lowest BCUT2D eigenvalue weighted by Crippen LogP contribution is -2.40. The van der Waals surface area contributed by atoms with Crippen LogP contribution in [0.3, 0.4) is 0 Å². The van der Waals surface area contributed by atoms with Gasteiger partial charge in [-0.15, -0.1) is 0 Å². The van der Waals surface area contributed by atoms with E-state index in [4.69, 9.17) is 0 Å². The molecule has 0 heterocycles. The summed E-state index contributed by atoms with van der Waals surface area (Å²) < 4.78 is 76.7. The van der Waals surface area contributed by atoms with Crippen molar-refractivity contribution in [2.45, 2.75) is 45.5 Å². The second-order valence-electron chi connectivity index (χ2n) is 4.71. The molecule has 0 nitrogen and oxygen atoms in total. The van der Waals surface area contributed by atoms with Gasteiger partial charge in [0.25, 0.3) is 0 Å². The highest BCUT2D eigenvalue weighted by atomic mass is 19.4. The number of rotatable bonds is 2. The fraction of sp³-hybridized carbons (Fsp3) is 1.00. The van der Waals surface area contributed by atoms with Crippen LogP contribution >= 0.6 is 0 Å². The number of alkyl halides is 6. The quantitative estimate of drug-likeness (QED) is 0.627. The Kier molecular flexibility index (Phi) is 4.04. The van der Waals surface area contributed by atoms with E-state index in [2.05, 4.69) is 0 Å². The van der Waals surface area contributed by atoms with Gasteiger partial charge in [0.2, 0.25) is 0 Å². The molecule has 1 fully saturated rings. The van der Waals surface area contributed by atoms with Crippen LogP contribution in [0.5, 0.6) is 0 Å². The molecule has 0 aromatic heterocycles. The van der Waals surface area contributed by atoms with E-state index in [9.17, 15) is 26.3 Å². The molecule has 0 aliphatic heterocycles. The fourth-order valence-corrected chi connectivity index (χ4v) is 3.05. The first kappa shape index (κ1) is 14.6. The lowest BCUT2D eigenvalue weighted by atomic mass is 9.84. The van der Waals surface area contributed by atoms with Crippen molar-refractivity contribution in [3.8, 4) is 0 Å². The van der Waals surface area contributed by atoms with Gasteiger partial charge < -0.3 is 0 Å². The average molecular weight is 262 g/mol. The maximum absolute atomic E-state index is 12.8. The van der Waals surface area contributed by atoms with Gasteiger partial charge in [-0.25, -0.2) is 0 Å². The molecule has 102 valence electrons. The van der Waals surface area contributed by atoms with Crippen molar-refractivity contribution in [3.05, 3.63) is 0 Å². The monoisotopic (exact) mass is 262 g/mol. The maximum atomic E-state index is 12.8. The zero-order valence-corrected chi connectivity index (χ0v) is 9.70. The van der Waals surface area contributed by atoms with E-state index in [0.717, 1.165) is 0 Å². The Bertz CT molecular complexity index is 228. The molecule has 0 radical (unpaired) electrons. The Morgan fingerprint density at radius 3 is 1.24 bits per heavy atom. The van der Waals surface area contributed by atoms with Crippen molar-refractivity contribution < 1.29 is 26.3 Å². The van der Waals surface area contributed by atoms with Crippen LogP contribution in [0.4, 0.5) is 26.3 Å². The molecule has 1 aliphatic carbocycles. The molecule has 0 amide bonds. The predicted molar refractivity (Wildman–Crippen MR) is 51.3 cm³/mol. The molecule has 0 N–H and O–H groups in total. The van der Waals surface area contributed by atoms with Gasteiger partial charge >= 0.3 is 12.4 Å². The van der Waals surface area contributed by atoms with Crippen molar-refractivity contribution in [2.24, 2.45) is 23.7 Å². The normalized spacial score (nSPS) is 35.3. The van der Waals surface area contributed by atoms with Crippen LogP contribution in [-0.4, -0.2) is 12.4 Å². The third-order valence-electron chi connectivity index (χ3n) is 3.81. The van der Waals surface area contributed by atoms with E-state index >= 15 is 0 Å². The van der Waals surface area contributed by atoms with Gasteiger partial charge in [0.1, 0.15) is 0 Å². The SMILES string of the molecule is CCC1CC(CC)C(C(F)(F)F)C1C(F)(F)F. The summed E-state index contributed by atoms with van der Waals surface area (Å²) in [4.78, 5) is 0. The van der Waals surface area contributed by atoms with Crippen molar-refractivity contribution in [2.75, 3.05) is 0 Å². The lowest BCUT2D eigenvalue weighted by molar-refractivity contribution is -0.259. The summed E-state index contributed by atoms with van der Waals surface area (Å²) in [5, 5.41) is 0. The van der Waals surface area contributed by atoms with Gasteiger partial charge in [-0.2, -0.15) is 26.3 Å². The Hall–Kier alpha value is -0.420. The molecule has 1 aliphatic rings. The highest BCUT2D eigenvalue weighted by molar-refractivity contribution is 4.96. The molecule has 0 spiro atoms. The fourth-order valence-electron chi connectivity index (χ4n) is 3.05. The van der Waals surface area contributed by atoms with Crippen LogP contribution in [0.1, 0.15) is 33.1 Å². The molecule has 0 bridgehead atoms. The van der Waals surface area contributed by atoms with E-state index in [-0.39, 0.29) is 19.3 Å². The van der Waals surface area contributed by atoms with Gasteiger partial charge in [-0.05, 0) is 18.3 Å². The molecule has 0 aromatic carbocycles. The van der Waals surface area contributed by atoms with Crippen LogP contribution < -0.4 is 0 Å². The summed E-state index contributed by atoms with van der Waals surface area (Å²) in [6, 6.07) is 0. The van der Waals surface area contributed by atoms with Gasteiger partial charge in [-0.1, -0.05) is 26.7 Å². The smallest absolute Gasteiger partial charge is 0.171 e. The molecule has 17 heavy (non-hydrogen) atoms. The van der Waals surface area contributed by atoms with Gasteiger partial charge in [0, 0.05) is 0 Å². The van der Waals surface area contributed by atoms with E-state index in [1.54, 1.807) is 0 Å². The Morgan fingerprint density at radius 1 is 0.765 bits per heavy atom. The van der Waals surface area contributed by atoms with Gasteiger partial charge in [0.15, 0.2) is 0 Å². The summed E-state index contributed by atoms with van der Waals surface area (Å²) in [5.74, 6) is -6.24. The first-order valence-corrected chi connectivity index (χ1v) is 5.76. The first-order valence-electron chi connectivity index (χ1n) is 5.76. The minimum absolute atomic E-state index is 0.0291. The van der Waals surface area contributed by atoms with Crippen LogP contribution in [0.25, 0.3) is 0 Å². The molecule has 0 aromatic rings. The standard InChI is InChI=1S/C11H16F6/c1-3-6-5-7(4-2)9(11(15,16)17)8(6)10(12,13)14/h6-9H,3-5H2,1-2H3. The molecular formula is C11H16F6. The van der Waals surface area contributed by atoms with E-state index in [1.807, 2.05) is 0 Å². The second-order valence-corrected chi connectivity index (χ2v) is 4.71. The minimum atomic E-state index is -4.76. The van der Waals surface area contributed by atoms with Gasteiger partial charge in [-0.3, -0.25) is 0 Å². The molecule has 4 unspecified atom stereocenters. The third-order valence-corrected chi connectivity index (χ3v) is 3.81. The molecule has 1 saturated carbocycles. The summed E-state index contributed by atoms with van der Waals surface area (Å²) in [6.45, 7) is 3.05. The summed E-state index contributed by atoms with van der Waals surface area (Å²) in [6.07, 6.45) is -9.20. The third kappa shape index (κ3) is 2.88. The van der Waals surface area contributed by atoms with Crippen molar-refractivity contribution in [1.82, 2.24) is 0 Å². The zero-order chi connectivity index (χ0) is 13.4. The highest BCUT2D eigenvalue weighted by Gasteiger charge is 2.63. The van der Waals surface area contributed by atoms with Crippen molar-refractivity contribution >= 4 is 0 Å². The first-order chi connectivity index (χ1) is 7.62. The highest BCUT2D eigenvalue weighted by Crippen LogP contribution is 2.57. The van der Waals surface area contributed by atoms with Gasteiger partial charge in [0.05, 0.1) is 11.8 Å². The van der Waals surface area contributed by atoms with E-state index in [1.165, 1.54) is 13.8 Å². The minimum Gasteiger partial charge on any atom is -0.171 e. The Balaban J connectivity index is 3.09. The van der Waals surface area contributed by atoms with E-state index < -0.39 is 36.0 Å². The summed E-state index contributed by atoms with van der Waals surface area (Å²) >= 11 is 0. The number of hydrogen-bond acceptors (Lipinski definition) is 0. The average Bonchev–Trinajstić information content (AvgIpc) is 2.54. The van der Waals surface area contributed by atoms with Crippen LogP contribution in [0.2, 0.25) is 0 Å². The van der Waals surface area contributed by atoms with Crippen molar-refractivity contribution in [3.63, 3.8) is 0 Å². The predicted octanol–water partition coefficient (Wildman–Crippen LogP) is 4.80. The Labute approximate surface area is 96.4 Å². The van der Waals surface area contributed by atoms with Crippen molar-refractivity contribution in [1.29, 1.82) is 0 Å². The summed E-state index contributed by atoms with van der Waals surface area (Å²) in [7, 11) is 0. The van der Waals surface area contributed by atoms with E-state index in [0.29, 0.717) is 0 Å². The molecule has 0 saturated heterocycles. The topological polar surface area (TPSA) is 0 Å². The lowest BCUT2D eigenvalue weighted by Gasteiger charge is -2.30. The van der Waals surface area contributed by atoms with Crippen LogP contribution in [-0.2, 0) is 0 Å². The molecule has 6 heteroatoms. The number of halogens is 6. The number of hydrogen-bond donors (Lipinski definition) is 0.